The lowest BCUT2D eigenvalue weighted by atomic mass is 9.95. The van der Waals surface area contributed by atoms with Crippen LogP contribution >= 0.6 is 0 Å². The summed E-state index contributed by atoms with van der Waals surface area (Å²) in [4.78, 5) is 14.6. The molecule has 0 bridgehead atoms. The minimum absolute atomic E-state index is 0.0879. The normalized spacial score (nSPS) is 15.4. The highest BCUT2D eigenvalue weighted by molar-refractivity contribution is 6.15. The molecule has 5 nitrogen and oxygen atoms in total. The number of rotatable bonds is 5. The molecular formula is C49H31N3O2. The smallest absolute Gasteiger partial charge is 0.164 e. The van der Waals surface area contributed by atoms with E-state index < -0.39 is 48.3 Å². The quantitative estimate of drug-likeness (QED) is 0.179. The van der Waals surface area contributed by atoms with Crippen LogP contribution in [0, 0.1) is 0 Å². The average Bonchev–Trinajstić information content (AvgIpc) is 3.91. The van der Waals surface area contributed by atoms with Gasteiger partial charge >= 0.3 is 0 Å². The van der Waals surface area contributed by atoms with Crippen LogP contribution in [0.4, 0.5) is 0 Å². The van der Waals surface area contributed by atoms with Gasteiger partial charge in [0.15, 0.2) is 17.5 Å². The number of benzene rings is 7. The van der Waals surface area contributed by atoms with E-state index in [1.54, 1.807) is 0 Å². The average molecular weight is 703 g/mol. The number of furan rings is 2. The summed E-state index contributed by atoms with van der Waals surface area (Å²) in [5.74, 6) is 0.365. The van der Waals surface area contributed by atoms with Gasteiger partial charge < -0.3 is 8.83 Å². The van der Waals surface area contributed by atoms with E-state index in [0.29, 0.717) is 16.7 Å². The molecule has 10 aromatic rings. The van der Waals surface area contributed by atoms with E-state index in [9.17, 15) is 4.11 Å². The van der Waals surface area contributed by atoms with E-state index in [2.05, 4.69) is 24.3 Å². The molecule has 3 aromatic heterocycles. The fraction of sp³-hybridized carbons (Fsp3) is 0.0408. The van der Waals surface area contributed by atoms with Crippen LogP contribution in [0.25, 0.3) is 106 Å². The van der Waals surface area contributed by atoms with Crippen molar-refractivity contribution in [2.24, 2.45) is 0 Å². The van der Waals surface area contributed by atoms with Gasteiger partial charge in [-0.2, -0.15) is 0 Å². The number of hydrogen-bond acceptors (Lipinski definition) is 5. The molecule has 11 rings (SSSR count). The van der Waals surface area contributed by atoms with E-state index in [0.717, 1.165) is 51.5 Å². The molecule has 1 aliphatic carbocycles. The summed E-state index contributed by atoms with van der Waals surface area (Å²) < 4.78 is 92.3. The number of nitrogens with zero attached hydrogens (tertiary/aromatic N) is 3. The summed E-state index contributed by atoms with van der Waals surface area (Å²) in [6.45, 7) is 0. The molecule has 5 heteroatoms. The Bertz CT molecular complexity index is 3670. The molecule has 0 saturated carbocycles. The van der Waals surface area contributed by atoms with Crippen molar-refractivity contribution in [2.45, 2.75) is 12.8 Å². The van der Waals surface area contributed by atoms with Crippen LogP contribution in [0.2, 0.25) is 0 Å². The predicted octanol–water partition coefficient (Wildman–Crippen LogP) is 13.2. The Morgan fingerprint density at radius 1 is 0.519 bits per heavy atom. The van der Waals surface area contributed by atoms with Crippen LogP contribution in [0.1, 0.15) is 30.7 Å². The van der Waals surface area contributed by atoms with Crippen molar-refractivity contribution in [3.8, 4) is 45.3 Å². The van der Waals surface area contributed by atoms with Gasteiger partial charge in [-0.15, -0.1) is 0 Å². The lowest BCUT2D eigenvalue weighted by Gasteiger charge is -2.10. The fourth-order valence-corrected chi connectivity index (χ4v) is 7.22. The molecule has 0 fully saturated rings. The van der Waals surface area contributed by atoms with Crippen molar-refractivity contribution >= 4 is 60.2 Å². The van der Waals surface area contributed by atoms with Gasteiger partial charge in [-0.05, 0) is 76.8 Å². The van der Waals surface area contributed by atoms with E-state index in [-0.39, 0.29) is 61.8 Å². The molecule has 0 radical (unpaired) electrons. The third kappa shape index (κ3) is 5.05. The molecule has 0 N–H and O–H groups in total. The van der Waals surface area contributed by atoms with Gasteiger partial charge in [-0.3, -0.25) is 0 Å². The summed E-state index contributed by atoms with van der Waals surface area (Å²) in [6, 6.07) is 25.0. The van der Waals surface area contributed by atoms with Crippen LogP contribution in [0.15, 0.2) is 172 Å². The summed E-state index contributed by atoms with van der Waals surface area (Å²) in [5.41, 5.74) is 6.19. The van der Waals surface area contributed by atoms with Gasteiger partial charge in [0.1, 0.15) is 22.3 Å². The van der Waals surface area contributed by atoms with Gasteiger partial charge in [0.05, 0.1) is 12.3 Å². The van der Waals surface area contributed by atoms with Crippen molar-refractivity contribution in [2.75, 3.05) is 0 Å². The van der Waals surface area contributed by atoms with E-state index in [4.69, 9.17) is 32.0 Å². The first-order valence-electron chi connectivity index (χ1n) is 22.1. The predicted molar refractivity (Wildman–Crippen MR) is 220 cm³/mol. The highest BCUT2D eigenvalue weighted by Gasteiger charge is 2.18. The van der Waals surface area contributed by atoms with Crippen LogP contribution in [0.3, 0.4) is 0 Å². The standard InChI is InChI=1S/C49H31N3O2/c1-3-10-30(11-4-1)31-18-20-34(21-19-31)47-50-48(35-23-25-39-40-26-22-33-14-7-8-15-38(33)46(40)54-43(39)28-35)52-49(51-47)36-24-27-41-44(29-36)53-42-17-9-16-37(45(41)42)32-12-5-2-6-13-32/h1,3-5,7-29H,2,6H2/i7D,8D,14D,15D,22D,23D,25D,26D,28D. The van der Waals surface area contributed by atoms with Gasteiger partial charge in [-0.25, -0.2) is 15.0 Å². The highest BCUT2D eigenvalue weighted by Crippen LogP contribution is 2.39. The zero-order valence-electron chi connectivity index (χ0n) is 37.5. The van der Waals surface area contributed by atoms with Crippen LogP contribution in [-0.4, -0.2) is 15.0 Å². The second-order valence-corrected chi connectivity index (χ2v) is 13.1. The first-order chi connectivity index (χ1) is 30.5. The number of hydrogen-bond donors (Lipinski definition) is 0. The third-order valence-corrected chi connectivity index (χ3v) is 9.86. The minimum Gasteiger partial charge on any atom is -0.456 e. The van der Waals surface area contributed by atoms with Gasteiger partial charge in [0.25, 0.3) is 0 Å². The Morgan fingerprint density at radius 3 is 2.13 bits per heavy atom. The SMILES string of the molecule is [2H]c1c([2H])c([2H])c2c(c1[2H])c([2H])c([2H])c1c2oc2c([2H])c(-c3nc(-c4ccc(-c5ccccc5)cc4)nc(-c4ccc5c(c4)oc4cccc(C6=CCCC=C6)c45)n3)c([2H])c([2H])c21. The van der Waals surface area contributed by atoms with Crippen molar-refractivity contribution in [1.29, 1.82) is 0 Å². The van der Waals surface area contributed by atoms with Crippen molar-refractivity contribution in [3.05, 3.63) is 169 Å². The summed E-state index contributed by atoms with van der Waals surface area (Å²) in [5, 5.41) is 1.34. The Labute approximate surface area is 323 Å². The molecule has 1 aliphatic rings. The Balaban J connectivity index is 1.14. The largest absolute Gasteiger partial charge is 0.456 e. The van der Waals surface area contributed by atoms with Crippen molar-refractivity contribution < 1.29 is 21.2 Å². The zero-order valence-corrected chi connectivity index (χ0v) is 28.5. The van der Waals surface area contributed by atoms with Crippen molar-refractivity contribution in [3.63, 3.8) is 0 Å². The second kappa shape index (κ2) is 12.2. The Kier molecular flexibility index (Phi) is 5.16. The summed E-state index contributed by atoms with van der Waals surface area (Å²) >= 11 is 0. The Hall–Kier alpha value is -7.11. The molecule has 54 heavy (non-hydrogen) atoms. The zero-order chi connectivity index (χ0) is 43.4. The van der Waals surface area contributed by atoms with Crippen molar-refractivity contribution in [1.82, 2.24) is 15.0 Å². The summed E-state index contributed by atoms with van der Waals surface area (Å²) in [6.07, 6.45) is 8.50. The third-order valence-electron chi connectivity index (χ3n) is 9.86. The van der Waals surface area contributed by atoms with Gasteiger partial charge in [-0.1, -0.05) is 127 Å². The number of allylic oxidation sites excluding steroid dienone is 4. The van der Waals surface area contributed by atoms with Crippen LogP contribution in [-0.2, 0) is 0 Å². The molecule has 0 atom stereocenters. The molecule has 0 saturated heterocycles. The lowest BCUT2D eigenvalue weighted by molar-refractivity contribution is 0.669. The molecule has 3 heterocycles. The minimum atomic E-state index is -0.566. The molecule has 254 valence electrons. The van der Waals surface area contributed by atoms with E-state index >= 15 is 0 Å². The maximum absolute atomic E-state index is 9.52. The summed E-state index contributed by atoms with van der Waals surface area (Å²) in [7, 11) is 0. The van der Waals surface area contributed by atoms with E-state index in [1.165, 1.54) is 0 Å². The fourth-order valence-electron chi connectivity index (χ4n) is 7.22. The molecule has 0 amide bonds. The topological polar surface area (TPSA) is 65.0 Å². The maximum atomic E-state index is 9.52. The number of fused-ring (bicyclic) bond motifs is 8. The molecule has 0 aliphatic heterocycles. The molecule has 0 spiro atoms. The second-order valence-electron chi connectivity index (χ2n) is 13.1. The highest BCUT2D eigenvalue weighted by atomic mass is 16.3. The van der Waals surface area contributed by atoms with Gasteiger partial charge in [0.2, 0.25) is 0 Å². The first-order valence-corrected chi connectivity index (χ1v) is 17.6. The molecular weight excluding hydrogens is 663 g/mol. The maximum Gasteiger partial charge on any atom is 0.164 e. The van der Waals surface area contributed by atoms with Gasteiger partial charge in [0, 0.05) is 43.6 Å². The lowest BCUT2D eigenvalue weighted by Crippen LogP contribution is -2.00. The first kappa shape index (κ1) is 22.7. The van der Waals surface area contributed by atoms with E-state index in [1.807, 2.05) is 84.9 Å². The molecule has 7 aromatic carbocycles. The number of aromatic nitrogens is 3. The molecule has 0 unspecified atom stereocenters. The monoisotopic (exact) mass is 702 g/mol. The van der Waals surface area contributed by atoms with Crippen LogP contribution < -0.4 is 0 Å². The van der Waals surface area contributed by atoms with Crippen LogP contribution in [0.5, 0.6) is 0 Å². The Morgan fingerprint density at radius 2 is 1.28 bits per heavy atom.